The second-order valence-electron chi connectivity index (χ2n) is 5.66. The average molecular weight is 353 g/mol. The van der Waals surface area contributed by atoms with E-state index in [0.29, 0.717) is 16.4 Å². The minimum atomic E-state index is -0.987. The van der Waals surface area contributed by atoms with Gasteiger partial charge in [-0.2, -0.15) is 5.10 Å². The Morgan fingerprint density at radius 2 is 2.04 bits per heavy atom. The molecule has 2 heterocycles. The summed E-state index contributed by atoms with van der Waals surface area (Å²) in [4.78, 5) is 15.9. The number of fused-ring (bicyclic) bond motifs is 3. The SMILES string of the molecule is Cn1ncc2c3ccc(C(=O)O)cc3nc(Nc3cccc(Cl)c3)c21. The highest BCUT2D eigenvalue weighted by Gasteiger charge is 2.14. The lowest BCUT2D eigenvalue weighted by Gasteiger charge is -2.11. The summed E-state index contributed by atoms with van der Waals surface area (Å²) in [6.07, 6.45) is 1.75. The molecule has 0 aliphatic rings. The number of carboxylic acids is 1. The van der Waals surface area contributed by atoms with Crippen molar-refractivity contribution in [2.45, 2.75) is 0 Å². The molecule has 0 saturated heterocycles. The molecular formula is C18H13ClN4O2. The molecule has 0 fully saturated rings. The Kier molecular flexibility index (Phi) is 3.54. The highest BCUT2D eigenvalue weighted by molar-refractivity contribution is 6.30. The van der Waals surface area contributed by atoms with Crippen LogP contribution in [0.15, 0.2) is 48.7 Å². The molecular weight excluding hydrogens is 340 g/mol. The summed E-state index contributed by atoms with van der Waals surface area (Å²) in [5.41, 5.74) is 2.40. The first-order valence-corrected chi connectivity index (χ1v) is 7.92. The van der Waals surface area contributed by atoms with Crippen molar-refractivity contribution in [2.24, 2.45) is 7.05 Å². The highest BCUT2D eigenvalue weighted by Crippen LogP contribution is 2.31. The molecule has 4 rings (SSSR count). The van der Waals surface area contributed by atoms with Crippen molar-refractivity contribution in [1.82, 2.24) is 14.8 Å². The summed E-state index contributed by atoms with van der Waals surface area (Å²) in [6.45, 7) is 0. The lowest BCUT2D eigenvalue weighted by molar-refractivity contribution is 0.0697. The maximum atomic E-state index is 11.3. The zero-order chi connectivity index (χ0) is 17.6. The van der Waals surface area contributed by atoms with Gasteiger partial charge in [0.1, 0.15) is 5.52 Å². The first kappa shape index (κ1) is 15.4. The molecule has 4 aromatic rings. The fraction of sp³-hybridized carbons (Fsp3) is 0.0556. The summed E-state index contributed by atoms with van der Waals surface area (Å²) in [6, 6.07) is 12.2. The molecule has 6 nitrogen and oxygen atoms in total. The number of halogens is 1. The minimum Gasteiger partial charge on any atom is -0.478 e. The molecule has 2 aromatic carbocycles. The standard InChI is InChI=1S/C18H13ClN4O2/c1-23-16-14(9-20-23)13-6-5-10(18(24)25)7-15(13)22-17(16)21-12-4-2-3-11(19)8-12/h2-9H,1H3,(H,21,22)(H,24,25). The Labute approximate surface area is 147 Å². The molecule has 2 aromatic heterocycles. The number of carbonyl (C=O) groups is 1. The van der Waals surface area contributed by atoms with E-state index >= 15 is 0 Å². The summed E-state index contributed by atoms with van der Waals surface area (Å²) >= 11 is 6.05. The molecule has 0 spiro atoms. The van der Waals surface area contributed by atoms with E-state index in [2.05, 4.69) is 15.4 Å². The van der Waals surface area contributed by atoms with Gasteiger partial charge < -0.3 is 10.4 Å². The number of rotatable bonds is 3. The molecule has 0 aliphatic heterocycles. The van der Waals surface area contributed by atoms with E-state index in [1.807, 2.05) is 19.2 Å². The van der Waals surface area contributed by atoms with Crippen molar-refractivity contribution < 1.29 is 9.90 Å². The van der Waals surface area contributed by atoms with Gasteiger partial charge in [0.2, 0.25) is 0 Å². The average Bonchev–Trinajstić information content (AvgIpc) is 2.97. The molecule has 0 atom stereocenters. The fourth-order valence-corrected chi connectivity index (χ4v) is 3.05. The predicted molar refractivity (Wildman–Crippen MR) is 97.7 cm³/mol. The monoisotopic (exact) mass is 352 g/mol. The summed E-state index contributed by atoms with van der Waals surface area (Å²) in [5.74, 6) is -0.397. The Bertz CT molecular complexity index is 1140. The van der Waals surface area contributed by atoms with E-state index in [0.717, 1.165) is 22.0 Å². The van der Waals surface area contributed by atoms with Crippen LogP contribution in [0.25, 0.3) is 21.8 Å². The van der Waals surface area contributed by atoms with Crippen molar-refractivity contribution in [3.05, 3.63) is 59.2 Å². The maximum absolute atomic E-state index is 11.3. The number of pyridine rings is 1. The van der Waals surface area contributed by atoms with Crippen LogP contribution in [0.4, 0.5) is 11.5 Å². The van der Waals surface area contributed by atoms with E-state index in [-0.39, 0.29) is 5.56 Å². The van der Waals surface area contributed by atoms with Crippen molar-refractivity contribution in [1.29, 1.82) is 0 Å². The second kappa shape index (κ2) is 5.75. The number of hydrogen-bond acceptors (Lipinski definition) is 4. The van der Waals surface area contributed by atoms with Gasteiger partial charge in [0.25, 0.3) is 0 Å². The summed E-state index contributed by atoms with van der Waals surface area (Å²) in [7, 11) is 1.84. The summed E-state index contributed by atoms with van der Waals surface area (Å²) in [5, 5.41) is 19.2. The van der Waals surface area contributed by atoms with Gasteiger partial charge in [-0.25, -0.2) is 9.78 Å². The van der Waals surface area contributed by atoms with Gasteiger partial charge in [-0.3, -0.25) is 4.68 Å². The van der Waals surface area contributed by atoms with Crippen molar-refractivity contribution in [3.8, 4) is 0 Å². The molecule has 0 amide bonds. The first-order chi connectivity index (χ1) is 12.0. The van der Waals surface area contributed by atoms with Gasteiger partial charge in [0.15, 0.2) is 5.82 Å². The quantitative estimate of drug-likeness (QED) is 0.577. The Morgan fingerprint density at radius 1 is 1.20 bits per heavy atom. The van der Waals surface area contributed by atoms with Crippen LogP contribution in [0, 0.1) is 0 Å². The molecule has 0 aliphatic carbocycles. The lowest BCUT2D eigenvalue weighted by Crippen LogP contribution is -2.01. The molecule has 7 heteroatoms. The number of aromatic nitrogens is 3. The zero-order valence-electron chi connectivity index (χ0n) is 13.2. The topological polar surface area (TPSA) is 80.0 Å². The third-order valence-electron chi connectivity index (χ3n) is 4.02. The molecule has 124 valence electrons. The molecule has 0 unspecified atom stereocenters. The Balaban J connectivity index is 1.96. The van der Waals surface area contributed by atoms with Crippen LogP contribution in [0.1, 0.15) is 10.4 Å². The van der Waals surface area contributed by atoms with E-state index in [9.17, 15) is 9.90 Å². The number of aryl methyl sites for hydroxylation is 1. The molecule has 0 saturated carbocycles. The van der Waals surface area contributed by atoms with Gasteiger partial charge in [-0.15, -0.1) is 0 Å². The number of aromatic carboxylic acids is 1. The van der Waals surface area contributed by atoms with Gasteiger partial charge in [0, 0.05) is 28.5 Å². The number of hydrogen-bond donors (Lipinski definition) is 2. The molecule has 0 radical (unpaired) electrons. The number of benzene rings is 2. The highest BCUT2D eigenvalue weighted by atomic mass is 35.5. The Hall–Kier alpha value is -3.12. The minimum absolute atomic E-state index is 0.192. The molecule has 25 heavy (non-hydrogen) atoms. The van der Waals surface area contributed by atoms with Gasteiger partial charge in [0.05, 0.1) is 17.3 Å². The second-order valence-corrected chi connectivity index (χ2v) is 6.10. The fourth-order valence-electron chi connectivity index (χ4n) is 2.86. The third kappa shape index (κ3) is 2.66. The van der Waals surface area contributed by atoms with E-state index in [1.165, 1.54) is 0 Å². The Morgan fingerprint density at radius 3 is 2.80 bits per heavy atom. The van der Waals surface area contributed by atoms with Crippen molar-refractivity contribution in [3.63, 3.8) is 0 Å². The van der Waals surface area contributed by atoms with E-state index in [4.69, 9.17) is 11.6 Å². The number of carboxylic acid groups (broad SMARTS) is 1. The van der Waals surface area contributed by atoms with Gasteiger partial charge in [-0.05, 0) is 30.3 Å². The van der Waals surface area contributed by atoms with Crippen LogP contribution in [0.5, 0.6) is 0 Å². The zero-order valence-corrected chi connectivity index (χ0v) is 13.9. The lowest BCUT2D eigenvalue weighted by atomic mass is 10.1. The largest absolute Gasteiger partial charge is 0.478 e. The van der Waals surface area contributed by atoms with Crippen LogP contribution in [-0.2, 0) is 7.05 Å². The van der Waals surface area contributed by atoms with Crippen LogP contribution >= 0.6 is 11.6 Å². The smallest absolute Gasteiger partial charge is 0.335 e. The number of anilines is 2. The molecule has 0 bridgehead atoms. The van der Waals surface area contributed by atoms with Gasteiger partial charge >= 0.3 is 5.97 Å². The number of nitrogens with one attached hydrogen (secondary N) is 1. The van der Waals surface area contributed by atoms with Crippen LogP contribution < -0.4 is 5.32 Å². The van der Waals surface area contributed by atoms with Gasteiger partial charge in [-0.1, -0.05) is 23.7 Å². The van der Waals surface area contributed by atoms with Crippen LogP contribution in [-0.4, -0.2) is 25.8 Å². The van der Waals surface area contributed by atoms with Crippen LogP contribution in [0.3, 0.4) is 0 Å². The normalized spacial score (nSPS) is 11.1. The van der Waals surface area contributed by atoms with Crippen LogP contribution in [0.2, 0.25) is 5.02 Å². The first-order valence-electron chi connectivity index (χ1n) is 7.54. The van der Waals surface area contributed by atoms with Crippen molar-refractivity contribution in [2.75, 3.05) is 5.32 Å². The van der Waals surface area contributed by atoms with E-state index < -0.39 is 5.97 Å². The maximum Gasteiger partial charge on any atom is 0.335 e. The van der Waals surface area contributed by atoms with E-state index in [1.54, 1.807) is 41.2 Å². The van der Waals surface area contributed by atoms with Crippen molar-refractivity contribution >= 4 is 50.9 Å². The molecule has 2 N–H and O–H groups in total. The predicted octanol–water partition coefficient (Wildman–Crippen LogP) is 4.22. The number of nitrogens with zero attached hydrogens (tertiary/aromatic N) is 3. The summed E-state index contributed by atoms with van der Waals surface area (Å²) < 4.78 is 1.74. The third-order valence-corrected chi connectivity index (χ3v) is 4.25.